The molecule has 1 atom stereocenters. The van der Waals surface area contributed by atoms with Gasteiger partial charge in [0.2, 0.25) is 0 Å². The Morgan fingerprint density at radius 2 is 0.786 bits per heavy atom. The van der Waals surface area contributed by atoms with Gasteiger partial charge in [-0.05, 0) is 91.3 Å². The molecular weight excluding hydrogens is 699 g/mol. The summed E-state index contributed by atoms with van der Waals surface area (Å²) in [6.45, 7) is 6.19. The van der Waals surface area contributed by atoms with Gasteiger partial charge in [-0.3, -0.25) is 14.4 Å². The van der Waals surface area contributed by atoms with Gasteiger partial charge in [0.1, 0.15) is 19.3 Å². The third kappa shape index (κ3) is 43.0. The Morgan fingerprint density at radius 3 is 1.20 bits per heavy atom. The van der Waals surface area contributed by atoms with Gasteiger partial charge < -0.3 is 19.1 Å². The lowest BCUT2D eigenvalue weighted by atomic mass is 10.0. The summed E-state index contributed by atoms with van der Waals surface area (Å²) in [7, 11) is 4.07. The summed E-state index contributed by atoms with van der Waals surface area (Å²) in [5, 5.41) is 0. The molecular formula is C49H91NO6. The van der Waals surface area contributed by atoms with Crippen LogP contribution in [0, 0.1) is 0 Å². The van der Waals surface area contributed by atoms with E-state index in [2.05, 4.69) is 30.9 Å². The highest BCUT2D eigenvalue weighted by Crippen LogP contribution is 2.19. The fourth-order valence-corrected chi connectivity index (χ4v) is 6.98. The minimum atomic E-state index is -0.0869. The molecule has 0 aromatic rings. The molecule has 1 unspecified atom stereocenters. The third-order valence-corrected chi connectivity index (χ3v) is 10.6. The number of rotatable bonds is 43. The standard InChI is InChI=1S/C49H91NO6/c1-5-7-9-11-13-17-23-29-35-44-54-47(51)40-33-27-20-16-15-19-25-31-38-46(56-49(53)42-37-43-50(3)4)39-32-26-21-22-28-34-41-48(52)55-45-36-30-24-18-14-12-10-8-6-2/h29-30,35-36,46H,5-28,31-34,37-45H2,1-4H3/b35-29-,36-30-. The minimum absolute atomic E-state index is 0.0204. The Kier molecular flexibility index (Phi) is 42.3. The maximum absolute atomic E-state index is 12.6. The Balaban J connectivity index is 3.99. The Hall–Kier alpha value is -2.15. The topological polar surface area (TPSA) is 82.1 Å². The van der Waals surface area contributed by atoms with Crippen molar-refractivity contribution in [3.8, 4) is 0 Å². The number of carbonyl (C=O) groups is 3. The lowest BCUT2D eigenvalue weighted by Gasteiger charge is -2.18. The molecule has 0 aliphatic carbocycles. The normalized spacial score (nSPS) is 12.2. The second-order valence-electron chi connectivity index (χ2n) is 16.5. The van der Waals surface area contributed by atoms with Crippen molar-refractivity contribution < 1.29 is 28.6 Å². The number of esters is 3. The zero-order valence-electron chi connectivity index (χ0n) is 37.4. The molecule has 0 fully saturated rings. The van der Waals surface area contributed by atoms with Crippen LogP contribution in [0.4, 0.5) is 0 Å². The first kappa shape index (κ1) is 53.9. The molecule has 0 rings (SSSR count). The average Bonchev–Trinajstić information content (AvgIpc) is 3.17. The number of hydrogen-bond acceptors (Lipinski definition) is 7. The van der Waals surface area contributed by atoms with Gasteiger partial charge in [0.25, 0.3) is 0 Å². The van der Waals surface area contributed by atoms with Crippen LogP contribution >= 0.6 is 0 Å². The Bertz CT molecular complexity index is 932. The van der Waals surface area contributed by atoms with Crippen LogP contribution in [0.3, 0.4) is 0 Å². The number of nitrogens with zero attached hydrogens (tertiary/aromatic N) is 1. The maximum atomic E-state index is 12.6. The lowest BCUT2D eigenvalue weighted by molar-refractivity contribution is -0.150. The van der Waals surface area contributed by atoms with Crippen LogP contribution in [-0.4, -0.2) is 62.8 Å². The highest BCUT2D eigenvalue weighted by atomic mass is 16.5. The third-order valence-electron chi connectivity index (χ3n) is 10.6. The molecule has 0 aromatic heterocycles. The van der Waals surface area contributed by atoms with Gasteiger partial charge >= 0.3 is 17.9 Å². The van der Waals surface area contributed by atoms with Crippen molar-refractivity contribution in [2.45, 2.75) is 238 Å². The first-order chi connectivity index (χ1) is 27.4. The summed E-state index contributed by atoms with van der Waals surface area (Å²) in [5.41, 5.74) is 0. The molecule has 0 radical (unpaired) electrons. The van der Waals surface area contributed by atoms with E-state index in [1.807, 2.05) is 26.2 Å². The molecule has 0 saturated carbocycles. The van der Waals surface area contributed by atoms with Gasteiger partial charge in [-0.1, -0.05) is 167 Å². The van der Waals surface area contributed by atoms with Gasteiger partial charge in [-0.2, -0.15) is 0 Å². The molecule has 0 aromatic carbocycles. The predicted molar refractivity (Wildman–Crippen MR) is 237 cm³/mol. The van der Waals surface area contributed by atoms with Crippen LogP contribution in [0.1, 0.15) is 232 Å². The number of allylic oxidation sites excluding steroid dienone is 2. The van der Waals surface area contributed by atoms with Crippen molar-refractivity contribution in [2.24, 2.45) is 0 Å². The van der Waals surface area contributed by atoms with E-state index >= 15 is 0 Å². The largest absolute Gasteiger partial charge is 0.462 e. The predicted octanol–water partition coefficient (Wildman–Crippen LogP) is 14.0. The second-order valence-corrected chi connectivity index (χ2v) is 16.5. The van der Waals surface area contributed by atoms with Crippen molar-refractivity contribution >= 4 is 17.9 Å². The summed E-state index contributed by atoms with van der Waals surface area (Å²) in [4.78, 5) is 38.8. The molecule has 0 amide bonds. The highest BCUT2D eigenvalue weighted by molar-refractivity contribution is 5.70. The minimum Gasteiger partial charge on any atom is -0.462 e. The van der Waals surface area contributed by atoms with Crippen LogP contribution < -0.4 is 0 Å². The molecule has 0 spiro atoms. The number of hydrogen-bond donors (Lipinski definition) is 0. The highest BCUT2D eigenvalue weighted by Gasteiger charge is 2.14. The van der Waals surface area contributed by atoms with Crippen molar-refractivity contribution in [1.29, 1.82) is 0 Å². The van der Waals surface area contributed by atoms with E-state index in [0.717, 1.165) is 96.4 Å². The van der Waals surface area contributed by atoms with Gasteiger partial charge in [0.15, 0.2) is 0 Å². The van der Waals surface area contributed by atoms with E-state index in [9.17, 15) is 14.4 Å². The quantitative estimate of drug-likeness (QED) is 0.0263. The second kappa shape index (κ2) is 44.0. The number of carbonyl (C=O) groups excluding carboxylic acids is 3. The van der Waals surface area contributed by atoms with Gasteiger partial charge in [-0.15, -0.1) is 0 Å². The fourth-order valence-electron chi connectivity index (χ4n) is 6.98. The van der Waals surface area contributed by atoms with Crippen LogP contribution in [-0.2, 0) is 28.6 Å². The van der Waals surface area contributed by atoms with Crippen molar-refractivity contribution in [3.05, 3.63) is 24.3 Å². The molecule has 0 bridgehead atoms. The monoisotopic (exact) mass is 790 g/mol. The van der Waals surface area contributed by atoms with Gasteiger partial charge in [-0.25, -0.2) is 0 Å². The van der Waals surface area contributed by atoms with Crippen LogP contribution in [0.25, 0.3) is 0 Å². The molecule has 0 N–H and O–H groups in total. The van der Waals surface area contributed by atoms with Crippen molar-refractivity contribution in [1.82, 2.24) is 4.90 Å². The first-order valence-corrected chi connectivity index (χ1v) is 23.8. The summed E-state index contributed by atoms with van der Waals surface area (Å²) in [6, 6.07) is 0. The fraction of sp³-hybridized carbons (Fsp3) is 0.857. The van der Waals surface area contributed by atoms with E-state index in [-0.39, 0.29) is 24.0 Å². The molecule has 0 aliphatic heterocycles. The maximum Gasteiger partial charge on any atom is 0.306 e. The molecule has 0 heterocycles. The zero-order valence-corrected chi connectivity index (χ0v) is 37.4. The summed E-state index contributed by atoms with van der Waals surface area (Å²) < 4.78 is 16.7. The molecule has 7 nitrogen and oxygen atoms in total. The van der Waals surface area contributed by atoms with Gasteiger partial charge in [0.05, 0.1) is 0 Å². The first-order valence-electron chi connectivity index (χ1n) is 23.8. The Labute approximate surface area is 346 Å². The molecule has 56 heavy (non-hydrogen) atoms. The van der Waals surface area contributed by atoms with E-state index in [4.69, 9.17) is 14.2 Å². The molecule has 0 saturated heterocycles. The number of unbranched alkanes of at least 4 members (excludes halogenated alkanes) is 24. The smallest absolute Gasteiger partial charge is 0.306 e. The summed E-state index contributed by atoms with van der Waals surface area (Å²) in [5.74, 6) is -0.217. The SMILES string of the molecule is CCCCCCCC/C=C\COC(=O)CCCCCCCCCCC(CCCCCCCCC(=O)OC/C=C\CCCCCCCC)OC(=O)CCCN(C)C. The zero-order chi connectivity index (χ0) is 41.0. The molecule has 0 aliphatic rings. The van der Waals surface area contributed by atoms with Gasteiger partial charge in [0, 0.05) is 19.3 Å². The van der Waals surface area contributed by atoms with Crippen LogP contribution in [0.5, 0.6) is 0 Å². The van der Waals surface area contributed by atoms with E-state index in [1.54, 1.807) is 0 Å². The van der Waals surface area contributed by atoms with E-state index < -0.39 is 0 Å². The van der Waals surface area contributed by atoms with E-state index in [1.165, 1.54) is 109 Å². The van der Waals surface area contributed by atoms with Crippen LogP contribution in [0.2, 0.25) is 0 Å². The van der Waals surface area contributed by atoms with Crippen molar-refractivity contribution in [3.63, 3.8) is 0 Å². The molecule has 7 heteroatoms. The summed E-state index contributed by atoms with van der Waals surface area (Å²) >= 11 is 0. The lowest BCUT2D eigenvalue weighted by Crippen LogP contribution is -2.20. The molecule has 328 valence electrons. The van der Waals surface area contributed by atoms with E-state index in [0.29, 0.717) is 32.5 Å². The van der Waals surface area contributed by atoms with Crippen molar-refractivity contribution in [2.75, 3.05) is 33.9 Å². The van der Waals surface area contributed by atoms with Crippen LogP contribution in [0.15, 0.2) is 24.3 Å². The number of ether oxygens (including phenoxy) is 3. The Morgan fingerprint density at radius 1 is 0.429 bits per heavy atom. The summed E-state index contributed by atoms with van der Waals surface area (Å²) in [6.07, 6.45) is 45.8. The average molecular weight is 790 g/mol.